The van der Waals surface area contributed by atoms with Crippen LogP contribution in [-0.4, -0.2) is 11.1 Å². The summed E-state index contributed by atoms with van der Waals surface area (Å²) in [5.41, 5.74) is 10.2. The lowest BCUT2D eigenvalue weighted by atomic mass is 9.77. The second-order valence-electron chi connectivity index (χ2n) is 10.6. The molecule has 0 spiro atoms. The quantitative estimate of drug-likeness (QED) is 0.223. The molecule has 2 nitrogen and oxygen atoms in total. The van der Waals surface area contributed by atoms with E-state index < -0.39 is 5.97 Å². The molecule has 0 unspecified atom stereocenters. The summed E-state index contributed by atoms with van der Waals surface area (Å²) in [4.78, 5) is 13.2. The summed E-state index contributed by atoms with van der Waals surface area (Å²) < 4.78 is 0. The Morgan fingerprint density at radius 2 is 0.721 bits per heavy atom. The minimum atomic E-state index is -0.953. The highest BCUT2D eigenvalue weighted by Gasteiger charge is 2.27. The van der Waals surface area contributed by atoms with Gasteiger partial charge >= 0.3 is 5.97 Å². The van der Waals surface area contributed by atoms with Gasteiger partial charge in [-0.2, -0.15) is 0 Å². The van der Waals surface area contributed by atoms with E-state index in [1.165, 1.54) is 0 Å². The molecule has 204 valence electrons. The number of aromatic carboxylic acids is 1. The summed E-state index contributed by atoms with van der Waals surface area (Å²) >= 11 is 0. The van der Waals surface area contributed by atoms with Crippen LogP contribution in [0.2, 0.25) is 0 Å². The Balaban J connectivity index is 1.80. The van der Waals surface area contributed by atoms with Gasteiger partial charge in [-0.3, -0.25) is 0 Å². The van der Waals surface area contributed by atoms with Gasteiger partial charge in [-0.1, -0.05) is 152 Å². The van der Waals surface area contributed by atoms with Gasteiger partial charge in [0, 0.05) is 5.39 Å². The molecule has 2 heteroatoms. The lowest BCUT2D eigenvalue weighted by molar-refractivity contribution is 0.0699. The first-order valence-electron chi connectivity index (χ1n) is 14.4. The van der Waals surface area contributed by atoms with Gasteiger partial charge in [0.2, 0.25) is 0 Å². The summed E-state index contributed by atoms with van der Waals surface area (Å²) in [6.45, 7) is 0. The highest BCUT2D eigenvalue weighted by Crippen LogP contribution is 2.52. The van der Waals surface area contributed by atoms with Gasteiger partial charge in [0.1, 0.15) is 0 Å². The van der Waals surface area contributed by atoms with Gasteiger partial charge in [-0.05, 0) is 73.2 Å². The van der Waals surface area contributed by atoms with E-state index in [4.69, 9.17) is 0 Å². The molecule has 0 saturated heterocycles. The third-order valence-electron chi connectivity index (χ3n) is 8.00. The van der Waals surface area contributed by atoms with Gasteiger partial charge < -0.3 is 5.11 Å². The second-order valence-corrected chi connectivity index (χ2v) is 10.6. The topological polar surface area (TPSA) is 37.3 Å². The lowest BCUT2D eigenvalue weighted by Gasteiger charge is -2.25. The van der Waals surface area contributed by atoms with Gasteiger partial charge in [-0.25, -0.2) is 4.79 Å². The maximum atomic E-state index is 13.2. The molecule has 0 amide bonds. The largest absolute Gasteiger partial charge is 0.478 e. The van der Waals surface area contributed by atoms with Gasteiger partial charge in [0.15, 0.2) is 0 Å². The van der Waals surface area contributed by atoms with E-state index in [9.17, 15) is 9.90 Å². The van der Waals surface area contributed by atoms with Crippen molar-refractivity contribution in [3.05, 3.63) is 169 Å². The van der Waals surface area contributed by atoms with Crippen LogP contribution in [0.1, 0.15) is 10.4 Å². The van der Waals surface area contributed by atoms with Gasteiger partial charge in [0.25, 0.3) is 0 Å². The maximum absolute atomic E-state index is 13.2. The molecular weight excluding hydrogens is 524 g/mol. The fraction of sp³-hybridized carbons (Fsp3) is 0. The van der Waals surface area contributed by atoms with E-state index in [1.807, 2.05) is 97.1 Å². The number of hydrogen-bond acceptors (Lipinski definition) is 1. The van der Waals surface area contributed by atoms with Crippen molar-refractivity contribution in [3.8, 4) is 55.6 Å². The summed E-state index contributed by atoms with van der Waals surface area (Å²) in [5, 5.41) is 12.5. The van der Waals surface area contributed by atoms with Crippen LogP contribution in [-0.2, 0) is 0 Å². The molecule has 1 N–H and O–H groups in total. The normalized spacial score (nSPS) is 11.0. The minimum Gasteiger partial charge on any atom is -0.478 e. The van der Waals surface area contributed by atoms with Crippen molar-refractivity contribution >= 4 is 16.7 Å². The van der Waals surface area contributed by atoms with Crippen LogP contribution in [0.15, 0.2) is 164 Å². The maximum Gasteiger partial charge on any atom is 0.336 e. The van der Waals surface area contributed by atoms with Crippen molar-refractivity contribution in [2.75, 3.05) is 0 Å². The predicted octanol–water partition coefficient (Wildman–Crippen LogP) is 10.9. The third-order valence-corrected chi connectivity index (χ3v) is 8.00. The Bertz CT molecular complexity index is 2050. The van der Waals surface area contributed by atoms with Crippen molar-refractivity contribution in [3.63, 3.8) is 0 Å². The van der Waals surface area contributed by atoms with Crippen LogP contribution in [0, 0.1) is 0 Å². The Morgan fingerprint density at radius 3 is 1.14 bits per heavy atom. The first kappa shape index (κ1) is 26.2. The van der Waals surface area contributed by atoms with Crippen LogP contribution >= 0.6 is 0 Å². The first-order valence-corrected chi connectivity index (χ1v) is 14.4. The zero-order valence-corrected chi connectivity index (χ0v) is 23.4. The lowest BCUT2D eigenvalue weighted by Crippen LogP contribution is -2.04. The average Bonchev–Trinajstić information content (AvgIpc) is 3.08. The average molecular weight is 553 g/mol. The molecule has 0 aliphatic heterocycles. The Morgan fingerprint density at radius 1 is 0.372 bits per heavy atom. The van der Waals surface area contributed by atoms with Crippen molar-refractivity contribution < 1.29 is 9.90 Å². The van der Waals surface area contributed by atoms with Crippen LogP contribution in [0.3, 0.4) is 0 Å². The first-order chi connectivity index (χ1) is 21.2. The van der Waals surface area contributed by atoms with Crippen LogP contribution in [0.5, 0.6) is 0 Å². The highest BCUT2D eigenvalue weighted by molar-refractivity contribution is 6.23. The molecule has 43 heavy (non-hydrogen) atoms. The Hall–Kier alpha value is -5.73. The fourth-order valence-electron chi connectivity index (χ4n) is 6.17. The monoisotopic (exact) mass is 552 g/mol. The summed E-state index contributed by atoms with van der Waals surface area (Å²) in [5.74, 6) is -0.953. The minimum absolute atomic E-state index is 0.282. The SMILES string of the molecule is O=C(O)c1cc(-c2ccccc2)cc2c(-c3ccccc3)c(-c3ccccc3)c(-c3ccccc3)c(-c3ccccc3)c12. The predicted molar refractivity (Wildman–Crippen MR) is 178 cm³/mol. The number of rotatable bonds is 6. The number of carboxylic acids is 1. The van der Waals surface area contributed by atoms with Crippen molar-refractivity contribution in [1.82, 2.24) is 0 Å². The molecule has 0 aliphatic rings. The third kappa shape index (κ3) is 4.79. The van der Waals surface area contributed by atoms with Crippen molar-refractivity contribution in [1.29, 1.82) is 0 Å². The highest BCUT2D eigenvalue weighted by atomic mass is 16.4. The molecular formula is C41H28O2. The number of fused-ring (bicyclic) bond motifs is 1. The van der Waals surface area contributed by atoms with Crippen molar-refractivity contribution in [2.24, 2.45) is 0 Å². The molecule has 0 fully saturated rings. The van der Waals surface area contributed by atoms with E-state index in [2.05, 4.69) is 66.7 Å². The standard InChI is InChI=1S/C41H28O2/c42-41(43)35-27-33(28-16-6-1-7-17-28)26-34-36(29-18-8-2-9-19-29)37(30-20-10-3-11-21-30)38(31-22-12-4-13-23-31)39(40(34)35)32-24-14-5-15-25-32/h1-27H,(H,42,43). The molecule has 7 aromatic carbocycles. The van der Waals surface area contributed by atoms with Crippen LogP contribution in [0.25, 0.3) is 66.4 Å². The van der Waals surface area contributed by atoms with Crippen LogP contribution < -0.4 is 0 Å². The second kappa shape index (κ2) is 11.3. The molecule has 0 radical (unpaired) electrons. The molecule has 7 aromatic rings. The number of hydrogen-bond donors (Lipinski definition) is 1. The smallest absolute Gasteiger partial charge is 0.336 e. The molecule has 0 aromatic heterocycles. The van der Waals surface area contributed by atoms with E-state index in [1.54, 1.807) is 0 Å². The number of carboxylic acid groups (broad SMARTS) is 1. The van der Waals surface area contributed by atoms with E-state index >= 15 is 0 Å². The van der Waals surface area contributed by atoms with Crippen LogP contribution in [0.4, 0.5) is 0 Å². The molecule has 0 saturated carbocycles. The zero-order chi connectivity index (χ0) is 29.2. The molecule has 0 bridgehead atoms. The summed E-state index contributed by atoms with van der Waals surface area (Å²) in [7, 11) is 0. The van der Waals surface area contributed by atoms with Gasteiger partial charge in [0.05, 0.1) is 5.56 Å². The Kier molecular flexibility index (Phi) is 6.86. The Labute approximate surface area is 251 Å². The molecule has 7 rings (SSSR count). The fourth-order valence-corrected chi connectivity index (χ4v) is 6.17. The summed E-state index contributed by atoms with van der Waals surface area (Å²) in [6, 6.07) is 55.3. The number of carbonyl (C=O) groups is 1. The van der Waals surface area contributed by atoms with E-state index in [-0.39, 0.29) is 5.56 Å². The van der Waals surface area contributed by atoms with Crippen molar-refractivity contribution in [2.45, 2.75) is 0 Å². The molecule has 0 atom stereocenters. The zero-order valence-electron chi connectivity index (χ0n) is 23.4. The van der Waals surface area contributed by atoms with E-state index in [0.717, 1.165) is 66.4 Å². The molecule has 0 heterocycles. The summed E-state index contributed by atoms with van der Waals surface area (Å²) in [6.07, 6.45) is 0. The van der Waals surface area contributed by atoms with E-state index in [0.29, 0.717) is 0 Å². The number of benzene rings is 7. The van der Waals surface area contributed by atoms with Gasteiger partial charge in [-0.15, -0.1) is 0 Å². The molecule has 0 aliphatic carbocycles.